The highest BCUT2D eigenvalue weighted by molar-refractivity contribution is 7.92. The first-order valence-electron chi connectivity index (χ1n) is 10.1. The van der Waals surface area contributed by atoms with Crippen molar-refractivity contribution in [3.05, 3.63) is 84.2 Å². The van der Waals surface area contributed by atoms with E-state index in [9.17, 15) is 8.42 Å². The fraction of sp³-hybridized carbons (Fsp3) is 0.217. The Morgan fingerprint density at radius 1 is 1.03 bits per heavy atom. The minimum Gasteiger partial charge on any atom is -0.361 e. The molecule has 1 aliphatic rings. The van der Waals surface area contributed by atoms with Crippen molar-refractivity contribution < 1.29 is 8.42 Å². The Labute approximate surface area is 176 Å². The van der Waals surface area contributed by atoms with Gasteiger partial charge in [-0.3, -0.25) is 9.62 Å². The lowest BCUT2D eigenvalue weighted by molar-refractivity contribution is 0.328. The third-order valence-corrected chi connectivity index (χ3v) is 7.15. The summed E-state index contributed by atoms with van der Waals surface area (Å²) in [4.78, 5) is 8.57. The van der Waals surface area contributed by atoms with Crippen LogP contribution in [0.3, 0.4) is 0 Å². The van der Waals surface area contributed by atoms with E-state index in [0.717, 1.165) is 26.1 Å². The van der Waals surface area contributed by atoms with E-state index < -0.39 is 10.0 Å². The van der Waals surface area contributed by atoms with Gasteiger partial charge in [0.15, 0.2) is 5.03 Å². The fourth-order valence-electron chi connectivity index (χ4n) is 4.30. The van der Waals surface area contributed by atoms with Crippen LogP contribution in [0.5, 0.6) is 0 Å². The number of aromatic amines is 2. The molecule has 1 unspecified atom stereocenters. The molecular weight excluding hydrogens is 396 g/mol. The van der Waals surface area contributed by atoms with Crippen LogP contribution in [0.4, 0.5) is 5.69 Å². The molecule has 1 saturated heterocycles. The van der Waals surface area contributed by atoms with Crippen molar-refractivity contribution in [1.29, 1.82) is 0 Å². The number of nitrogens with one attached hydrogen (secondary N) is 3. The number of rotatable bonds is 6. The average Bonchev–Trinajstić information content (AvgIpc) is 3.50. The third-order valence-electron chi connectivity index (χ3n) is 5.81. The van der Waals surface area contributed by atoms with Gasteiger partial charge in [0, 0.05) is 42.1 Å². The van der Waals surface area contributed by atoms with E-state index in [1.54, 1.807) is 24.4 Å². The third kappa shape index (κ3) is 3.74. The maximum atomic E-state index is 12.5. The first-order valence-corrected chi connectivity index (χ1v) is 11.6. The number of nitrogens with zero attached hydrogens (tertiary/aromatic N) is 1. The zero-order valence-electron chi connectivity index (χ0n) is 16.5. The summed E-state index contributed by atoms with van der Waals surface area (Å²) in [6.07, 6.45) is 4.77. The molecule has 2 aromatic heterocycles. The molecule has 4 aromatic rings. The Hall–Kier alpha value is -3.03. The van der Waals surface area contributed by atoms with E-state index in [2.05, 4.69) is 50.1 Å². The molecule has 30 heavy (non-hydrogen) atoms. The minimum absolute atomic E-state index is 0.165. The summed E-state index contributed by atoms with van der Waals surface area (Å²) in [5, 5.41) is 1.44. The molecule has 1 atom stereocenters. The maximum Gasteiger partial charge on any atom is 0.277 e. The lowest BCUT2D eigenvalue weighted by atomic mass is 9.98. The number of likely N-dealkylation sites (tertiary alicyclic amines) is 1. The van der Waals surface area contributed by atoms with E-state index in [1.165, 1.54) is 22.0 Å². The van der Waals surface area contributed by atoms with Crippen molar-refractivity contribution in [3.8, 4) is 0 Å². The lowest BCUT2D eigenvalue weighted by Crippen LogP contribution is -2.19. The highest BCUT2D eigenvalue weighted by Gasteiger charge is 2.25. The number of hydrogen-bond donors (Lipinski definition) is 3. The van der Waals surface area contributed by atoms with E-state index in [4.69, 9.17) is 0 Å². The van der Waals surface area contributed by atoms with E-state index in [1.807, 2.05) is 18.2 Å². The molecule has 2 aromatic carbocycles. The van der Waals surface area contributed by atoms with Crippen molar-refractivity contribution in [3.63, 3.8) is 0 Å². The summed E-state index contributed by atoms with van der Waals surface area (Å²) in [7, 11) is -3.60. The van der Waals surface area contributed by atoms with Gasteiger partial charge in [0.25, 0.3) is 10.0 Å². The van der Waals surface area contributed by atoms with Gasteiger partial charge in [-0.15, -0.1) is 0 Å². The topological polar surface area (TPSA) is 81.0 Å². The van der Waals surface area contributed by atoms with Crippen LogP contribution in [-0.2, 0) is 16.6 Å². The molecular formula is C23H24N4O2S. The van der Waals surface area contributed by atoms with Crippen LogP contribution in [0.2, 0.25) is 0 Å². The predicted octanol–water partition coefficient (Wildman–Crippen LogP) is 4.29. The molecule has 5 rings (SSSR count). The lowest BCUT2D eigenvalue weighted by Gasteiger charge is -2.16. The Morgan fingerprint density at radius 3 is 2.80 bits per heavy atom. The summed E-state index contributed by atoms with van der Waals surface area (Å²) < 4.78 is 27.6. The molecule has 1 aliphatic heterocycles. The predicted molar refractivity (Wildman–Crippen MR) is 119 cm³/mol. The van der Waals surface area contributed by atoms with Crippen LogP contribution in [-0.4, -0.2) is 36.4 Å². The average molecular weight is 421 g/mol. The van der Waals surface area contributed by atoms with Crippen LogP contribution in [0.15, 0.2) is 78.1 Å². The SMILES string of the molecule is O=S(=O)(Nc1cccc(C2CCN(Cc3c[nH]c4ccccc34)C2)c1)c1ccc[nH]1. The Morgan fingerprint density at radius 2 is 1.93 bits per heavy atom. The number of anilines is 1. The summed E-state index contributed by atoms with van der Waals surface area (Å²) in [6, 6.07) is 19.4. The normalized spacial score (nSPS) is 17.5. The van der Waals surface area contributed by atoms with Gasteiger partial charge in [0.1, 0.15) is 0 Å². The van der Waals surface area contributed by atoms with Gasteiger partial charge in [-0.05, 0) is 60.3 Å². The van der Waals surface area contributed by atoms with Crippen LogP contribution in [0.25, 0.3) is 10.9 Å². The van der Waals surface area contributed by atoms with E-state index >= 15 is 0 Å². The quantitative estimate of drug-likeness (QED) is 0.435. The van der Waals surface area contributed by atoms with Gasteiger partial charge >= 0.3 is 0 Å². The highest BCUT2D eigenvalue weighted by atomic mass is 32.2. The minimum atomic E-state index is -3.60. The second kappa shape index (κ2) is 7.66. The van der Waals surface area contributed by atoms with Gasteiger partial charge in [-0.1, -0.05) is 30.3 Å². The zero-order chi connectivity index (χ0) is 20.6. The smallest absolute Gasteiger partial charge is 0.277 e. The molecule has 6 nitrogen and oxygen atoms in total. The number of H-pyrrole nitrogens is 2. The Bertz CT molecular complexity index is 1260. The number of fused-ring (bicyclic) bond motifs is 1. The van der Waals surface area contributed by atoms with Gasteiger partial charge in [-0.25, -0.2) is 0 Å². The molecule has 0 saturated carbocycles. The molecule has 0 bridgehead atoms. The number of sulfonamides is 1. The van der Waals surface area contributed by atoms with Crippen molar-refractivity contribution in [2.45, 2.75) is 23.9 Å². The van der Waals surface area contributed by atoms with Gasteiger partial charge < -0.3 is 9.97 Å². The van der Waals surface area contributed by atoms with E-state index in [-0.39, 0.29) is 5.03 Å². The fourth-order valence-corrected chi connectivity index (χ4v) is 5.33. The Balaban J connectivity index is 1.28. The molecule has 154 valence electrons. The van der Waals surface area contributed by atoms with Crippen molar-refractivity contribution >= 4 is 26.6 Å². The van der Waals surface area contributed by atoms with Crippen LogP contribution >= 0.6 is 0 Å². The second-order valence-corrected chi connectivity index (χ2v) is 9.50. The Kier molecular flexibility index (Phi) is 4.84. The monoisotopic (exact) mass is 420 g/mol. The summed E-state index contributed by atoms with van der Waals surface area (Å²) in [5.41, 5.74) is 4.25. The van der Waals surface area contributed by atoms with Crippen molar-refractivity contribution in [2.75, 3.05) is 17.8 Å². The zero-order valence-corrected chi connectivity index (χ0v) is 17.3. The molecule has 7 heteroatoms. The second-order valence-electron chi connectivity index (χ2n) is 7.85. The molecule has 3 N–H and O–H groups in total. The van der Waals surface area contributed by atoms with E-state index in [0.29, 0.717) is 11.6 Å². The van der Waals surface area contributed by atoms with Crippen LogP contribution in [0, 0.1) is 0 Å². The highest BCUT2D eigenvalue weighted by Crippen LogP contribution is 2.31. The summed E-state index contributed by atoms with van der Waals surface area (Å²) in [6.45, 7) is 2.91. The maximum absolute atomic E-state index is 12.5. The molecule has 1 fully saturated rings. The van der Waals surface area contributed by atoms with Crippen molar-refractivity contribution in [2.24, 2.45) is 0 Å². The molecule has 3 heterocycles. The first-order chi connectivity index (χ1) is 14.6. The van der Waals surface area contributed by atoms with Gasteiger partial charge in [0.05, 0.1) is 0 Å². The van der Waals surface area contributed by atoms with Crippen LogP contribution in [0.1, 0.15) is 23.5 Å². The largest absolute Gasteiger partial charge is 0.361 e. The summed E-state index contributed by atoms with van der Waals surface area (Å²) >= 11 is 0. The first kappa shape index (κ1) is 19.0. The number of aromatic nitrogens is 2. The van der Waals surface area contributed by atoms with Gasteiger partial charge in [0.2, 0.25) is 0 Å². The van der Waals surface area contributed by atoms with Crippen molar-refractivity contribution in [1.82, 2.24) is 14.9 Å². The molecule has 0 spiro atoms. The van der Waals surface area contributed by atoms with Crippen LogP contribution < -0.4 is 4.72 Å². The number of benzene rings is 2. The molecule has 0 amide bonds. The molecule has 0 radical (unpaired) electrons. The van der Waals surface area contributed by atoms with Gasteiger partial charge in [-0.2, -0.15) is 8.42 Å². The number of para-hydroxylation sites is 1. The number of hydrogen-bond acceptors (Lipinski definition) is 3. The summed E-state index contributed by atoms with van der Waals surface area (Å²) in [5.74, 6) is 0.394. The molecule has 0 aliphatic carbocycles. The standard InChI is InChI=1S/C23H24N4O2S/c28-30(29,23-9-4-11-24-23)26-20-6-3-5-17(13-20)18-10-12-27(15-18)16-19-14-25-22-8-2-1-7-21(19)22/h1-9,11,13-14,18,24-26H,10,12,15-16H2.